The highest BCUT2D eigenvalue weighted by molar-refractivity contribution is 9.10. The van der Waals surface area contributed by atoms with Gasteiger partial charge in [0.2, 0.25) is 0 Å². The van der Waals surface area contributed by atoms with E-state index >= 15 is 0 Å². The molecule has 1 fully saturated rings. The van der Waals surface area contributed by atoms with E-state index in [0.29, 0.717) is 0 Å². The predicted molar refractivity (Wildman–Crippen MR) is 41.2 cm³/mol. The lowest BCUT2D eigenvalue weighted by Crippen LogP contribution is -2.34. The van der Waals surface area contributed by atoms with E-state index in [4.69, 9.17) is 9.84 Å². The van der Waals surface area contributed by atoms with Gasteiger partial charge in [0.1, 0.15) is 0 Å². The van der Waals surface area contributed by atoms with Crippen LogP contribution in [0.15, 0.2) is 12.2 Å². The summed E-state index contributed by atoms with van der Waals surface area (Å²) in [4.78, 5) is 0. The molecule has 0 unspecified atom stereocenters. The van der Waals surface area contributed by atoms with Crippen LogP contribution in [0.25, 0.3) is 0 Å². The van der Waals surface area contributed by atoms with Crippen molar-refractivity contribution in [3.63, 3.8) is 0 Å². The molecule has 1 saturated heterocycles. The number of rotatable bonds is 1. The van der Waals surface area contributed by atoms with Gasteiger partial charge in [-0.3, -0.25) is 0 Å². The molecule has 0 aliphatic carbocycles. The topological polar surface area (TPSA) is 29.5 Å². The number of hydrogen-bond donors (Lipinski definition) is 1. The molecule has 0 aromatic rings. The molecule has 0 radical (unpaired) electrons. The molecular weight excluding hydrogens is 196 g/mol. The van der Waals surface area contributed by atoms with Gasteiger partial charge in [0.15, 0.2) is 0 Å². The molecule has 0 saturated carbocycles. The van der Waals surface area contributed by atoms with Gasteiger partial charge in [0.05, 0.1) is 23.1 Å². The summed E-state index contributed by atoms with van der Waals surface area (Å²) in [6.07, 6.45) is 5.28. The van der Waals surface area contributed by atoms with Crippen LogP contribution in [0.1, 0.15) is 6.42 Å². The van der Waals surface area contributed by atoms with Crippen LogP contribution in [-0.2, 0) is 4.74 Å². The van der Waals surface area contributed by atoms with Crippen LogP contribution < -0.4 is 0 Å². The van der Waals surface area contributed by atoms with Gasteiger partial charge >= 0.3 is 0 Å². The Kier molecular flexibility index (Phi) is 1.41. The normalized spacial score (nSPS) is 50.6. The molecule has 3 heteroatoms. The van der Waals surface area contributed by atoms with Gasteiger partial charge in [-0.05, 0) is 6.42 Å². The van der Waals surface area contributed by atoms with Crippen LogP contribution >= 0.6 is 15.9 Å². The summed E-state index contributed by atoms with van der Waals surface area (Å²) in [5, 5.41) is 8.99. The summed E-state index contributed by atoms with van der Waals surface area (Å²) in [5.41, 5.74) is 0. The maximum atomic E-state index is 8.99. The van der Waals surface area contributed by atoms with Crippen LogP contribution in [0, 0.1) is 0 Å². The quantitative estimate of drug-likeness (QED) is 0.507. The average molecular weight is 205 g/mol. The summed E-state index contributed by atoms with van der Waals surface area (Å²) in [7, 11) is 0. The third-order valence-corrected chi connectivity index (χ3v) is 3.16. The molecule has 2 nitrogen and oxygen atoms in total. The molecule has 2 heterocycles. The van der Waals surface area contributed by atoms with Crippen molar-refractivity contribution in [1.82, 2.24) is 0 Å². The van der Waals surface area contributed by atoms with E-state index in [2.05, 4.69) is 22.0 Å². The van der Waals surface area contributed by atoms with Crippen molar-refractivity contribution in [2.45, 2.75) is 23.0 Å². The molecule has 0 spiro atoms. The van der Waals surface area contributed by atoms with Crippen molar-refractivity contribution >= 4 is 15.9 Å². The first-order valence-corrected chi connectivity index (χ1v) is 4.17. The Morgan fingerprint density at radius 3 is 2.80 bits per heavy atom. The zero-order valence-corrected chi connectivity index (χ0v) is 7.04. The van der Waals surface area contributed by atoms with Gasteiger partial charge in [-0.25, -0.2) is 0 Å². The summed E-state index contributed by atoms with van der Waals surface area (Å²) < 4.78 is 5.27. The molecule has 2 rings (SSSR count). The summed E-state index contributed by atoms with van der Waals surface area (Å²) in [6, 6.07) is 0. The fourth-order valence-electron chi connectivity index (χ4n) is 1.52. The maximum Gasteiger partial charge on any atom is 0.0941 e. The second kappa shape index (κ2) is 2.06. The minimum Gasteiger partial charge on any atom is -0.395 e. The molecule has 0 aromatic heterocycles. The van der Waals surface area contributed by atoms with Gasteiger partial charge in [-0.1, -0.05) is 28.1 Å². The lowest BCUT2D eigenvalue weighted by molar-refractivity contribution is 0.104. The predicted octanol–water partition coefficient (Wildman–Crippen LogP) is 0.840. The third kappa shape index (κ3) is 0.775. The van der Waals surface area contributed by atoms with Crippen molar-refractivity contribution in [3.05, 3.63) is 12.2 Å². The molecule has 2 aliphatic heterocycles. The van der Waals surface area contributed by atoms with E-state index in [1.807, 2.05) is 6.08 Å². The van der Waals surface area contributed by atoms with E-state index < -0.39 is 0 Å². The first kappa shape index (κ1) is 6.83. The van der Waals surface area contributed by atoms with E-state index in [9.17, 15) is 0 Å². The minimum absolute atomic E-state index is 0.0856. The van der Waals surface area contributed by atoms with Crippen LogP contribution in [0.3, 0.4) is 0 Å². The zero-order valence-electron chi connectivity index (χ0n) is 5.46. The van der Waals surface area contributed by atoms with Crippen molar-refractivity contribution in [1.29, 1.82) is 0 Å². The maximum absolute atomic E-state index is 8.99. The molecule has 0 amide bonds. The SMILES string of the molecule is OC[C@]1(Br)C[C@H]2C=C[C@@H]1O2. The van der Waals surface area contributed by atoms with Gasteiger partial charge in [0, 0.05) is 0 Å². The second-order valence-electron chi connectivity index (χ2n) is 2.88. The second-order valence-corrected chi connectivity index (χ2v) is 4.46. The number of ether oxygens (including phenoxy) is 1. The number of hydrogen-bond acceptors (Lipinski definition) is 2. The van der Waals surface area contributed by atoms with E-state index in [0.717, 1.165) is 6.42 Å². The average Bonchev–Trinajstić information content (AvgIpc) is 2.46. The molecule has 2 bridgehead atoms. The zero-order chi connectivity index (χ0) is 7.19. The van der Waals surface area contributed by atoms with E-state index in [-0.39, 0.29) is 23.1 Å². The Morgan fingerprint density at radius 1 is 1.70 bits per heavy atom. The van der Waals surface area contributed by atoms with Crippen molar-refractivity contribution in [3.8, 4) is 0 Å². The first-order chi connectivity index (χ1) is 4.74. The largest absolute Gasteiger partial charge is 0.395 e. The Hall–Kier alpha value is 0.140. The highest BCUT2D eigenvalue weighted by Gasteiger charge is 2.47. The van der Waals surface area contributed by atoms with Crippen LogP contribution in [-0.4, -0.2) is 28.2 Å². The van der Waals surface area contributed by atoms with Gasteiger partial charge in [-0.2, -0.15) is 0 Å². The van der Waals surface area contributed by atoms with Gasteiger partial charge < -0.3 is 9.84 Å². The smallest absolute Gasteiger partial charge is 0.0941 e. The highest BCUT2D eigenvalue weighted by atomic mass is 79.9. The molecule has 1 N–H and O–H groups in total. The van der Waals surface area contributed by atoms with Crippen molar-refractivity contribution < 1.29 is 9.84 Å². The van der Waals surface area contributed by atoms with Crippen molar-refractivity contribution in [2.24, 2.45) is 0 Å². The first-order valence-electron chi connectivity index (χ1n) is 3.38. The van der Waals surface area contributed by atoms with Crippen LogP contribution in [0.5, 0.6) is 0 Å². The molecule has 56 valence electrons. The highest BCUT2D eigenvalue weighted by Crippen LogP contribution is 2.42. The number of aliphatic hydroxyl groups is 1. The van der Waals surface area contributed by atoms with Gasteiger partial charge in [0.25, 0.3) is 0 Å². The summed E-state index contributed by atoms with van der Waals surface area (Å²) in [5.74, 6) is 0. The Morgan fingerprint density at radius 2 is 2.50 bits per heavy atom. The Bertz CT molecular complexity index is 180. The third-order valence-electron chi connectivity index (χ3n) is 2.14. The van der Waals surface area contributed by atoms with E-state index in [1.165, 1.54) is 0 Å². The minimum atomic E-state index is -0.188. The summed E-state index contributed by atoms with van der Waals surface area (Å²) in [6.45, 7) is 0.151. The molecular formula is C7H9BrO2. The molecule has 2 aliphatic rings. The number of aliphatic hydroxyl groups excluding tert-OH is 1. The van der Waals surface area contributed by atoms with E-state index in [1.54, 1.807) is 0 Å². The molecule has 0 aromatic carbocycles. The lowest BCUT2D eigenvalue weighted by Gasteiger charge is -2.23. The van der Waals surface area contributed by atoms with Crippen LogP contribution in [0.2, 0.25) is 0 Å². The molecule has 10 heavy (non-hydrogen) atoms. The number of halogens is 1. The number of alkyl halides is 1. The Labute approximate surface area is 68.0 Å². The number of fused-ring (bicyclic) bond motifs is 2. The summed E-state index contributed by atoms with van der Waals surface area (Å²) >= 11 is 3.48. The lowest BCUT2D eigenvalue weighted by atomic mass is 9.95. The monoisotopic (exact) mass is 204 g/mol. The Balaban J connectivity index is 2.22. The van der Waals surface area contributed by atoms with Crippen molar-refractivity contribution in [2.75, 3.05) is 6.61 Å². The van der Waals surface area contributed by atoms with Gasteiger partial charge in [-0.15, -0.1) is 0 Å². The fourth-order valence-corrected chi connectivity index (χ4v) is 2.10. The fraction of sp³-hybridized carbons (Fsp3) is 0.714. The van der Waals surface area contributed by atoms with Crippen LogP contribution in [0.4, 0.5) is 0 Å². The standard InChI is InChI=1S/C7H9BrO2/c8-7(4-9)3-5-1-2-6(7)10-5/h1-2,5-6,9H,3-4H2/t5-,6+,7-/m1/s1. The molecule has 3 atom stereocenters.